The fraction of sp³-hybridized carbons (Fsp3) is 0.462. The Hall–Kier alpha value is -1.35. The summed E-state index contributed by atoms with van der Waals surface area (Å²) in [4.78, 5) is 14.0. The lowest BCUT2D eigenvalue weighted by atomic mass is 10.0. The predicted molar refractivity (Wildman–Crippen MR) is 64.1 cm³/mol. The molecule has 0 saturated carbocycles. The molecule has 1 aliphatic rings. The first-order chi connectivity index (χ1) is 7.76. The van der Waals surface area contributed by atoms with Crippen molar-refractivity contribution in [2.24, 2.45) is 0 Å². The smallest absolute Gasteiger partial charge is 0.240 e. The summed E-state index contributed by atoms with van der Waals surface area (Å²) in [7, 11) is 1.85. The molecular weight excluding hydrogens is 200 g/mol. The minimum atomic E-state index is -0.0800. The Balaban J connectivity index is 2.36. The fourth-order valence-corrected chi connectivity index (χ4v) is 2.22. The summed E-state index contributed by atoms with van der Waals surface area (Å²) < 4.78 is 0. The van der Waals surface area contributed by atoms with Gasteiger partial charge < -0.3 is 10.2 Å². The van der Waals surface area contributed by atoms with E-state index in [9.17, 15) is 4.79 Å². The van der Waals surface area contributed by atoms with Crippen molar-refractivity contribution in [3.63, 3.8) is 0 Å². The van der Waals surface area contributed by atoms with Gasteiger partial charge in [0.2, 0.25) is 5.91 Å². The summed E-state index contributed by atoms with van der Waals surface area (Å²) in [6.45, 7) is 3.54. The van der Waals surface area contributed by atoms with E-state index in [1.807, 2.05) is 31.0 Å². The van der Waals surface area contributed by atoms with E-state index in [4.69, 9.17) is 0 Å². The number of carbonyl (C=O) groups excluding carboxylic acids is 1. The van der Waals surface area contributed by atoms with E-state index in [2.05, 4.69) is 17.4 Å². The fourth-order valence-electron chi connectivity index (χ4n) is 2.22. The molecule has 1 aliphatic heterocycles. The molecular formula is C13H18N2O. The highest BCUT2D eigenvalue weighted by Gasteiger charge is 2.26. The van der Waals surface area contributed by atoms with Gasteiger partial charge in [0.1, 0.15) is 0 Å². The number of nitrogens with zero attached hydrogens (tertiary/aromatic N) is 1. The van der Waals surface area contributed by atoms with E-state index in [1.54, 1.807) is 0 Å². The topological polar surface area (TPSA) is 32.3 Å². The highest BCUT2D eigenvalue weighted by atomic mass is 16.2. The molecule has 0 radical (unpaired) electrons. The first kappa shape index (κ1) is 11.1. The quantitative estimate of drug-likeness (QED) is 0.808. The summed E-state index contributed by atoms with van der Waals surface area (Å²) in [5.41, 5.74) is 2.56. The van der Waals surface area contributed by atoms with Gasteiger partial charge in [-0.1, -0.05) is 24.3 Å². The van der Waals surface area contributed by atoms with E-state index in [-0.39, 0.29) is 11.9 Å². The third-order valence-electron chi connectivity index (χ3n) is 3.24. The van der Waals surface area contributed by atoms with Gasteiger partial charge in [0, 0.05) is 13.1 Å². The number of rotatable bonds is 2. The standard InChI is InChI=1S/C13H18N2O/c1-3-15-9-11-7-5-4-6-10(11)8-12(14-2)13(15)16/h4-7,12,14H,3,8-9H2,1-2H3. The van der Waals surface area contributed by atoms with Crippen LogP contribution < -0.4 is 5.32 Å². The van der Waals surface area contributed by atoms with Gasteiger partial charge in [0.15, 0.2) is 0 Å². The third-order valence-corrected chi connectivity index (χ3v) is 3.24. The SMILES string of the molecule is CCN1Cc2ccccc2CC(NC)C1=O. The van der Waals surface area contributed by atoms with Crippen LogP contribution in [0.4, 0.5) is 0 Å². The molecule has 1 heterocycles. The van der Waals surface area contributed by atoms with Gasteiger partial charge in [-0.2, -0.15) is 0 Å². The average molecular weight is 218 g/mol. The van der Waals surface area contributed by atoms with Crippen LogP contribution in [-0.2, 0) is 17.8 Å². The lowest BCUT2D eigenvalue weighted by molar-refractivity contribution is -0.133. The van der Waals surface area contributed by atoms with Gasteiger partial charge in [0.25, 0.3) is 0 Å². The molecule has 0 aromatic heterocycles. The Labute approximate surface area is 96.5 Å². The molecule has 3 heteroatoms. The molecule has 0 aliphatic carbocycles. The Morgan fingerprint density at radius 1 is 1.38 bits per heavy atom. The van der Waals surface area contributed by atoms with Crippen LogP contribution in [0.1, 0.15) is 18.1 Å². The number of hydrogen-bond acceptors (Lipinski definition) is 2. The van der Waals surface area contributed by atoms with Crippen LogP contribution in [0.5, 0.6) is 0 Å². The second-order valence-corrected chi connectivity index (χ2v) is 4.17. The molecule has 1 N–H and O–H groups in total. The van der Waals surface area contributed by atoms with Crippen LogP contribution >= 0.6 is 0 Å². The van der Waals surface area contributed by atoms with Gasteiger partial charge in [-0.25, -0.2) is 0 Å². The molecule has 0 spiro atoms. The van der Waals surface area contributed by atoms with Crippen molar-refractivity contribution in [2.75, 3.05) is 13.6 Å². The zero-order chi connectivity index (χ0) is 11.5. The van der Waals surface area contributed by atoms with Crippen LogP contribution in [-0.4, -0.2) is 30.4 Å². The third kappa shape index (κ3) is 1.95. The molecule has 3 nitrogen and oxygen atoms in total. The van der Waals surface area contributed by atoms with Crippen molar-refractivity contribution < 1.29 is 4.79 Å². The van der Waals surface area contributed by atoms with E-state index in [0.717, 1.165) is 19.5 Å². The minimum Gasteiger partial charge on any atom is -0.337 e. The number of fused-ring (bicyclic) bond motifs is 1. The molecule has 0 fully saturated rings. The van der Waals surface area contributed by atoms with Crippen molar-refractivity contribution in [1.82, 2.24) is 10.2 Å². The molecule has 1 amide bonds. The van der Waals surface area contributed by atoms with E-state index in [1.165, 1.54) is 11.1 Å². The van der Waals surface area contributed by atoms with Gasteiger partial charge in [0.05, 0.1) is 6.04 Å². The second kappa shape index (κ2) is 4.66. The number of amides is 1. The zero-order valence-electron chi connectivity index (χ0n) is 9.86. The summed E-state index contributed by atoms with van der Waals surface area (Å²) in [6.07, 6.45) is 0.794. The summed E-state index contributed by atoms with van der Waals surface area (Å²) in [5, 5.41) is 3.11. The van der Waals surface area contributed by atoms with Crippen LogP contribution in [0.25, 0.3) is 0 Å². The largest absolute Gasteiger partial charge is 0.337 e. The Bertz CT molecular complexity index is 354. The van der Waals surface area contributed by atoms with Crippen molar-refractivity contribution in [3.05, 3.63) is 35.4 Å². The van der Waals surface area contributed by atoms with Crippen molar-refractivity contribution >= 4 is 5.91 Å². The lowest BCUT2D eigenvalue weighted by Crippen LogP contribution is -2.44. The van der Waals surface area contributed by atoms with Crippen LogP contribution in [0, 0.1) is 0 Å². The maximum atomic E-state index is 12.1. The van der Waals surface area contributed by atoms with Gasteiger partial charge in [-0.05, 0) is 31.5 Å². The molecule has 86 valence electrons. The minimum absolute atomic E-state index is 0.0800. The molecule has 1 aromatic carbocycles. The monoisotopic (exact) mass is 218 g/mol. The van der Waals surface area contributed by atoms with E-state index < -0.39 is 0 Å². The van der Waals surface area contributed by atoms with E-state index in [0.29, 0.717) is 0 Å². The lowest BCUT2D eigenvalue weighted by Gasteiger charge is -2.22. The van der Waals surface area contributed by atoms with Gasteiger partial charge >= 0.3 is 0 Å². The molecule has 1 unspecified atom stereocenters. The first-order valence-corrected chi connectivity index (χ1v) is 5.79. The second-order valence-electron chi connectivity index (χ2n) is 4.17. The molecule has 1 atom stereocenters. The molecule has 1 aromatic rings. The number of nitrogens with one attached hydrogen (secondary N) is 1. The number of benzene rings is 1. The van der Waals surface area contributed by atoms with Gasteiger partial charge in [-0.3, -0.25) is 4.79 Å². The summed E-state index contributed by atoms with van der Waals surface area (Å²) >= 11 is 0. The predicted octanol–water partition coefficient (Wildman–Crippen LogP) is 1.18. The molecule has 0 saturated heterocycles. The van der Waals surface area contributed by atoms with Gasteiger partial charge in [-0.15, -0.1) is 0 Å². The van der Waals surface area contributed by atoms with E-state index >= 15 is 0 Å². The first-order valence-electron chi connectivity index (χ1n) is 5.79. The van der Waals surface area contributed by atoms with Crippen LogP contribution in [0.15, 0.2) is 24.3 Å². The summed E-state index contributed by atoms with van der Waals surface area (Å²) in [6, 6.07) is 8.23. The summed E-state index contributed by atoms with van der Waals surface area (Å²) in [5.74, 6) is 0.209. The highest BCUT2D eigenvalue weighted by Crippen LogP contribution is 2.19. The maximum Gasteiger partial charge on any atom is 0.240 e. The van der Waals surface area contributed by atoms with Crippen molar-refractivity contribution in [1.29, 1.82) is 0 Å². The van der Waals surface area contributed by atoms with Crippen molar-refractivity contribution in [2.45, 2.75) is 25.9 Å². The Morgan fingerprint density at radius 2 is 2.06 bits per heavy atom. The zero-order valence-corrected chi connectivity index (χ0v) is 9.86. The maximum absolute atomic E-state index is 12.1. The molecule has 2 rings (SSSR count). The normalized spacial score (nSPS) is 20.5. The van der Waals surface area contributed by atoms with Crippen molar-refractivity contribution in [3.8, 4) is 0 Å². The highest BCUT2D eigenvalue weighted by molar-refractivity contribution is 5.83. The van der Waals surface area contributed by atoms with Crippen LogP contribution in [0.2, 0.25) is 0 Å². The number of hydrogen-bond donors (Lipinski definition) is 1. The van der Waals surface area contributed by atoms with Crippen LogP contribution in [0.3, 0.4) is 0 Å². The number of likely N-dealkylation sites (N-methyl/N-ethyl adjacent to an activating group) is 2. The Morgan fingerprint density at radius 3 is 2.69 bits per heavy atom. The Kier molecular flexibility index (Phi) is 3.25. The average Bonchev–Trinajstić information content (AvgIpc) is 2.46. The molecule has 0 bridgehead atoms. The number of carbonyl (C=O) groups is 1. The molecule has 16 heavy (non-hydrogen) atoms.